The third-order valence-electron chi connectivity index (χ3n) is 6.65. The van der Waals surface area contributed by atoms with E-state index in [0.29, 0.717) is 6.61 Å². The van der Waals surface area contributed by atoms with Gasteiger partial charge in [-0.1, -0.05) is 12.1 Å². The number of carbonyl (C=O) groups is 1. The van der Waals surface area contributed by atoms with E-state index in [4.69, 9.17) is 14.2 Å². The average Bonchev–Trinajstić information content (AvgIpc) is 3.39. The van der Waals surface area contributed by atoms with E-state index in [1.165, 1.54) is 0 Å². The summed E-state index contributed by atoms with van der Waals surface area (Å²) in [5, 5.41) is 1.09. The molecule has 1 amide bonds. The van der Waals surface area contributed by atoms with Gasteiger partial charge >= 0.3 is 0 Å². The molecule has 0 spiro atoms. The molecule has 33 heavy (non-hydrogen) atoms. The van der Waals surface area contributed by atoms with Gasteiger partial charge in [0.1, 0.15) is 23.7 Å². The van der Waals surface area contributed by atoms with Gasteiger partial charge in [0.15, 0.2) is 0 Å². The molecule has 0 saturated carbocycles. The molecule has 0 bridgehead atoms. The number of ether oxygens (including phenoxy) is 3. The molecule has 6 nitrogen and oxygen atoms in total. The summed E-state index contributed by atoms with van der Waals surface area (Å²) in [6.45, 7) is 4.21. The van der Waals surface area contributed by atoms with Crippen molar-refractivity contribution in [3.63, 3.8) is 0 Å². The van der Waals surface area contributed by atoms with Crippen LogP contribution < -0.4 is 9.47 Å². The molecule has 2 saturated heterocycles. The summed E-state index contributed by atoms with van der Waals surface area (Å²) in [4.78, 5) is 19.1. The Bertz CT molecular complexity index is 1130. The minimum absolute atomic E-state index is 0.129. The maximum atomic E-state index is 12.5. The predicted molar refractivity (Wildman–Crippen MR) is 128 cm³/mol. The molecule has 2 aliphatic heterocycles. The Morgan fingerprint density at radius 2 is 1.85 bits per heavy atom. The third-order valence-corrected chi connectivity index (χ3v) is 6.65. The highest BCUT2D eigenvalue weighted by Gasteiger charge is 2.31. The average molecular weight is 447 g/mol. The number of aryl methyl sites for hydroxylation is 1. The molecule has 0 unspecified atom stereocenters. The van der Waals surface area contributed by atoms with Crippen LogP contribution in [0.15, 0.2) is 48.7 Å². The van der Waals surface area contributed by atoms with Crippen molar-refractivity contribution < 1.29 is 19.0 Å². The Hall–Kier alpha value is -3.12. The fourth-order valence-electron chi connectivity index (χ4n) is 4.74. The molecule has 172 valence electrons. The summed E-state index contributed by atoms with van der Waals surface area (Å²) in [7, 11) is 1.68. The van der Waals surface area contributed by atoms with Gasteiger partial charge in [-0.15, -0.1) is 0 Å². The Balaban J connectivity index is 1.21. The number of fused-ring (bicyclic) bond motifs is 1. The van der Waals surface area contributed by atoms with Crippen LogP contribution >= 0.6 is 0 Å². The number of amides is 1. The fraction of sp³-hybridized carbons (Fsp3) is 0.407. The van der Waals surface area contributed by atoms with Crippen LogP contribution in [0.4, 0.5) is 0 Å². The van der Waals surface area contributed by atoms with Crippen molar-refractivity contribution >= 4 is 16.8 Å². The number of rotatable bonds is 5. The normalized spacial score (nSPS) is 19.1. The van der Waals surface area contributed by atoms with Gasteiger partial charge in [-0.3, -0.25) is 9.78 Å². The van der Waals surface area contributed by atoms with Crippen molar-refractivity contribution in [2.24, 2.45) is 0 Å². The van der Waals surface area contributed by atoms with Crippen LogP contribution in [0.5, 0.6) is 11.5 Å². The number of hydrogen-bond donors (Lipinski definition) is 0. The van der Waals surface area contributed by atoms with Crippen LogP contribution in [0, 0.1) is 6.92 Å². The minimum Gasteiger partial charge on any atom is -0.496 e. The van der Waals surface area contributed by atoms with E-state index in [-0.39, 0.29) is 18.1 Å². The highest BCUT2D eigenvalue weighted by Crippen LogP contribution is 2.29. The van der Waals surface area contributed by atoms with Gasteiger partial charge in [0.05, 0.1) is 12.6 Å². The zero-order valence-electron chi connectivity index (χ0n) is 19.3. The summed E-state index contributed by atoms with van der Waals surface area (Å²) in [6, 6.07) is 14.4. The lowest BCUT2D eigenvalue weighted by atomic mass is 10.0. The second kappa shape index (κ2) is 9.40. The maximum Gasteiger partial charge on any atom is 0.251 e. The van der Waals surface area contributed by atoms with E-state index in [2.05, 4.69) is 29.2 Å². The number of hydrogen-bond acceptors (Lipinski definition) is 5. The lowest BCUT2D eigenvalue weighted by molar-refractivity contribution is -0.142. The molecular weight excluding hydrogens is 416 g/mol. The SMILES string of the molecule is COc1cc2ncc(-c3ccc(OC4CCN(C(=O)[C@H]5CCCO5)CC4)cc3)cc2cc1C. The van der Waals surface area contributed by atoms with Crippen LogP contribution in [-0.2, 0) is 9.53 Å². The second-order valence-electron chi connectivity index (χ2n) is 8.91. The van der Waals surface area contributed by atoms with Crippen molar-refractivity contribution in [3.05, 3.63) is 54.2 Å². The van der Waals surface area contributed by atoms with E-state index >= 15 is 0 Å². The maximum absolute atomic E-state index is 12.5. The van der Waals surface area contributed by atoms with Gasteiger partial charge in [-0.05, 0) is 55.2 Å². The number of piperidine rings is 1. The highest BCUT2D eigenvalue weighted by molar-refractivity contribution is 5.85. The molecular formula is C27H30N2O4. The van der Waals surface area contributed by atoms with Crippen LogP contribution in [0.2, 0.25) is 0 Å². The zero-order chi connectivity index (χ0) is 22.8. The molecule has 0 aliphatic carbocycles. The standard InChI is InChI=1S/C27H30N2O4/c1-18-14-20-15-21(17-28-24(20)16-26(18)31-2)19-5-7-22(8-6-19)33-23-9-11-29(12-10-23)27(30)25-4-3-13-32-25/h5-8,14-17,23,25H,3-4,9-13H2,1-2H3/t25-/m1/s1. The monoisotopic (exact) mass is 446 g/mol. The van der Waals surface area contributed by atoms with Gasteiger partial charge in [-0.2, -0.15) is 0 Å². The number of carbonyl (C=O) groups excluding carboxylic acids is 1. The van der Waals surface area contributed by atoms with Crippen molar-refractivity contribution in [2.75, 3.05) is 26.8 Å². The zero-order valence-corrected chi connectivity index (χ0v) is 19.3. The molecule has 2 aromatic carbocycles. The molecule has 3 aromatic rings. The Morgan fingerprint density at radius 1 is 1.06 bits per heavy atom. The number of pyridine rings is 1. The summed E-state index contributed by atoms with van der Waals surface area (Å²) in [5.41, 5.74) is 4.18. The van der Waals surface area contributed by atoms with E-state index in [1.54, 1.807) is 7.11 Å². The van der Waals surface area contributed by atoms with Crippen molar-refractivity contribution in [3.8, 4) is 22.6 Å². The fourth-order valence-corrected chi connectivity index (χ4v) is 4.74. The smallest absolute Gasteiger partial charge is 0.251 e. The third kappa shape index (κ3) is 4.67. The largest absolute Gasteiger partial charge is 0.496 e. The van der Waals surface area contributed by atoms with E-state index < -0.39 is 0 Å². The quantitative estimate of drug-likeness (QED) is 0.565. The Morgan fingerprint density at radius 3 is 2.55 bits per heavy atom. The summed E-state index contributed by atoms with van der Waals surface area (Å²) in [6.07, 6.45) is 5.32. The highest BCUT2D eigenvalue weighted by atomic mass is 16.5. The van der Waals surface area contributed by atoms with Gasteiger partial charge in [0.25, 0.3) is 5.91 Å². The number of likely N-dealkylation sites (tertiary alicyclic amines) is 1. The van der Waals surface area contributed by atoms with E-state index in [1.807, 2.05) is 36.2 Å². The number of benzene rings is 2. The first kappa shape index (κ1) is 21.7. The number of methoxy groups -OCH3 is 1. The molecule has 1 aromatic heterocycles. The Kier molecular flexibility index (Phi) is 6.18. The van der Waals surface area contributed by atoms with E-state index in [0.717, 1.165) is 77.9 Å². The van der Waals surface area contributed by atoms with Crippen molar-refractivity contribution in [1.82, 2.24) is 9.88 Å². The van der Waals surface area contributed by atoms with Crippen LogP contribution in [0.25, 0.3) is 22.0 Å². The minimum atomic E-state index is -0.231. The van der Waals surface area contributed by atoms with Crippen LogP contribution in [0.3, 0.4) is 0 Å². The van der Waals surface area contributed by atoms with Gasteiger partial charge in [-0.25, -0.2) is 0 Å². The number of aromatic nitrogens is 1. The summed E-state index contributed by atoms with van der Waals surface area (Å²) in [5.74, 6) is 1.86. The lowest BCUT2D eigenvalue weighted by Gasteiger charge is -2.33. The van der Waals surface area contributed by atoms with Gasteiger partial charge < -0.3 is 19.1 Å². The molecule has 6 heteroatoms. The predicted octanol–water partition coefficient (Wildman–Crippen LogP) is 4.77. The van der Waals surface area contributed by atoms with Gasteiger partial charge in [0, 0.05) is 55.8 Å². The first-order valence-electron chi connectivity index (χ1n) is 11.7. The lowest BCUT2D eigenvalue weighted by Crippen LogP contribution is -2.45. The van der Waals surface area contributed by atoms with Gasteiger partial charge in [0.2, 0.25) is 0 Å². The van der Waals surface area contributed by atoms with Crippen molar-refractivity contribution in [1.29, 1.82) is 0 Å². The Labute approximate surface area is 194 Å². The molecule has 2 aliphatic rings. The summed E-state index contributed by atoms with van der Waals surface area (Å²) < 4.78 is 17.2. The molecule has 5 rings (SSSR count). The summed E-state index contributed by atoms with van der Waals surface area (Å²) >= 11 is 0. The van der Waals surface area contributed by atoms with Crippen LogP contribution in [0.1, 0.15) is 31.2 Å². The number of nitrogens with zero attached hydrogens (tertiary/aromatic N) is 2. The first-order valence-corrected chi connectivity index (χ1v) is 11.7. The molecule has 0 N–H and O–H groups in total. The molecule has 3 heterocycles. The topological polar surface area (TPSA) is 60.9 Å². The van der Waals surface area contributed by atoms with Crippen molar-refractivity contribution in [2.45, 2.75) is 44.8 Å². The first-order chi connectivity index (χ1) is 16.1. The second-order valence-corrected chi connectivity index (χ2v) is 8.91. The van der Waals surface area contributed by atoms with Crippen LogP contribution in [-0.4, -0.2) is 54.8 Å². The van der Waals surface area contributed by atoms with E-state index in [9.17, 15) is 4.79 Å². The molecule has 2 fully saturated rings. The molecule has 0 radical (unpaired) electrons. The molecule has 1 atom stereocenters.